The van der Waals surface area contributed by atoms with Gasteiger partial charge in [-0.05, 0) is 44.0 Å². The number of hydrogen-bond donors (Lipinski definition) is 2. The molecule has 2 rings (SSSR count). The van der Waals surface area contributed by atoms with Crippen molar-refractivity contribution in [2.24, 2.45) is 10.9 Å². The van der Waals surface area contributed by atoms with Crippen LogP contribution in [-0.4, -0.2) is 89.4 Å². The van der Waals surface area contributed by atoms with E-state index in [4.69, 9.17) is 14.5 Å². The van der Waals surface area contributed by atoms with Crippen LogP contribution in [0.4, 0.5) is 0 Å². The number of nitrogens with zero attached hydrogens (tertiary/aromatic N) is 3. The molecule has 1 heterocycles. The van der Waals surface area contributed by atoms with E-state index in [1.807, 2.05) is 12.1 Å². The number of likely N-dealkylation sites (N-methyl/N-ethyl adjacent to an activating group) is 1. The Morgan fingerprint density at radius 3 is 2.48 bits per heavy atom. The third-order valence-electron chi connectivity index (χ3n) is 5.23. The molecular formula is C22H39N5O2. The highest BCUT2D eigenvalue weighted by Crippen LogP contribution is 2.27. The maximum Gasteiger partial charge on any atom is 0.191 e. The van der Waals surface area contributed by atoms with Crippen molar-refractivity contribution in [3.63, 3.8) is 0 Å². The molecule has 0 spiro atoms. The second-order valence-corrected chi connectivity index (χ2v) is 7.79. The molecule has 1 aromatic carbocycles. The maximum atomic E-state index is 5.39. The zero-order chi connectivity index (χ0) is 21.1. The van der Waals surface area contributed by atoms with Gasteiger partial charge in [-0.3, -0.25) is 4.99 Å². The minimum Gasteiger partial charge on any atom is -0.493 e. The van der Waals surface area contributed by atoms with Gasteiger partial charge in [-0.2, -0.15) is 0 Å². The van der Waals surface area contributed by atoms with Crippen LogP contribution in [0.15, 0.2) is 23.2 Å². The van der Waals surface area contributed by atoms with E-state index in [0.717, 1.165) is 76.2 Å². The van der Waals surface area contributed by atoms with Crippen molar-refractivity contribution in [3.05, 3.63) is 23.8 Å². The quantitative estimate of drug-likeness (QED) is 0.456. The van der Waals surface area contributed by atoms with Gasteiger partial charge in [0.05, 0.1) is 14.2 Å². The molecule has 1 aromatic rings. The summed E-state index contributed by atoms with van der Waals surface area (Å²) in [6.45, 7) is 12.6. The minimum absolute atomic E-state index is 0.541. The first kappa shape index (κ1) is 23.3. The standard InChI is InChI=1S/C22H39N5O2/c1-6-23-22(25-16-18(2)17-27-13-11-26(3)12-14-27)24-10-9-19-7-8-20(28-4)21(15-19)29-5/h7-8,15,18H,6,9-14,16-17H2,1-5H3,(H2,23,24,25). The lowest BCUT2D eigenvalue weighted by molar-refractivity contribution is 0.140. The van der Waals surface area contributed by atoms with Crippen molar-refractivity contribution in [2.75, 3.05) is 73.6 Å². The summed E-state index contributed by atoms with van der Waals surface area (Å²) in [7, 11) is 5.52. The first-order valence-electron chi connectivity index (χ1n) is 10.7. The van der Waals surface area contributed by atoms with Gasteiger partial charge >= 0.3 is 0 Å². The molecule has 0 aromatic heterocycles. The third kappa shape index (κ3) is 8.11. The SMILES string of the molecule is CCNC(=NCC(C)CN1CCN(C)CC1)NCCc1ccc(OC)c(OC)c1. The van der Waals surface area contributed by atoms with Gasteiger partial charge in [-0.1, -0.05) is 13.0 Å². The topological polar surface area (TPSA) is 61.4 Å². The lowest BCUT2D eigenvalue weighted by Gasteiger charge is -2.33. The molecule has 2 N–H and O–H groups in total. The largest absolute Gasteiger partial charge is 0.493 e. The number of nitrogens with one attached hydrogen (secondary N) is 2. The lowest BCUT2D eigenvalue weighted by atomic mass is 10.1. The molecule has 1 unspecified atom stereocenters. The van der Waals surface area contributed by atoms with Gasteiger partial charge in [-0.15, -0.1) is 0 Å². The molecule has 1 fully saturated rings. The molecule has 1 aliphatic heterocycles. The average Bonchev–Trinajstić information content (AvgIpc) is 2.73. The first-order chi connectivity index (χ1) is 14.0. The van der Waals surface area contributed by atoms with E-state index < -0.39 is 0 Å². The summed E-state index contributed by atoms with van der Waals surface area (Å²) < 4.78 is 10.7. The van der Waals surface area contributed by atoms with Crippen LogP contribution in [0, 0.1) is 5.92 Å². The summed E-state index contributed by atoms with van der Waals surface area (Å²) in [5.74, 6) is 2.95. The summed E-state index contributed by atoms with van der Waals surface area (Å²) in [4.78, 5) is 9.75. The summed E-state index contributed by atoms with van der Waals surface area (Å²) in [6, 6.07) is 6.06. The smallest absolute Gasteiger partial charge is 0.191 e. The summed E-state index contributed by atoms with van der Waals surface area (Å²) >= 11 is 0. The highest BCUT2D eigenvalue weighted by atomic mass is 16.5. The predicted octanol–water partition coefficient (Wildman–Crippen LogP) is 1.68. The molecule has 1 saturated heterocycles. The monoisotopic (exact) mass is 405 g/mol. The van der Waals surface area contributed by atoms with E-state index in [-0.39, 0.29) is 0 Å². The van der Waals surface area contributed by atoms with Crippen LogP contribution in [0.3, 0.4) is 0 Å². The average molecular weight is 406 g/mol. The Morgan fingerprint density at radius 1 is 1.10 bits per heavy atom. The van der Waals surface area contributed by atoms with E-state index in [1.54, 1.807) is 14.2 Å². The molecule has 7 nitrogen and oxygen atoms in total. The van der Waals surface area contributed by atoms with Gasteiger partial charge < -0.3 is 29.9 Å². The third-order valence-corrected chi connectivity index (χ3v) is 5.23. The van der Waals surface area contributed by atoms with E-state index >= 15 is 0 Å². The number of piperazine rings is 1. The Morgan fingerprint density at radius 2 is 1.83 bits per heavy atom. The fourth-order valence-corrected chi connectivity index (χ4v) is 3.48. The van der Waals surface area contributed by atoms with Crippen LogP contribution in [0.5, 0.6) is 11.5 Å². The second-order valence-electron chi connectivity index (χ2n) is 7.79. The Bertz CT molecular complexity index is 630. The highest BCUT2D eigenvalue weighted by Gasteiger charge is 2.16. The normalized spacial score (nSPS) is 17.1. The molecule has 1 atom stereocenters. The van der Waals surface area contributed by atoms with E-state index in [0.29, 0.717) is 5.92 Å². The van der Waals surface area contributed by atoms with E-state index in [1.165, 1.54) is 5.56 Å². The first-order valence-corrected chi connectivity index (χ1v) is 10.7. The molecular weight excluding hydrogens is 366 g/mol. The number of benzene rings is 1. The molecule has 0 amide bonds. The van der Waals surface area contributed by atoms with E-state index in [9.17, 15) is 0 Å². The molecule has 1 aliphatic rings. The van der Waals surface area contributed by atoms with Crippen molar-refractivity contribution in [1.82, 2.24) is 20.4 Å². The van der Waals surface area contributed by atoms with Gasteiger partial charge in [0.25, 0.3) is 0 Å². The number of guanidine groups is 1. The molecule has 0 aliphatic carbocycles. The number of hydrogen-bond acceptors (Lipinski definition) is 5. The zero-order valence-electron chi connectivity index (χ0n) is 18.8. The minimum atomic E-state index is 0.541. The molecule has 0 saturated carbocycles. The van der Waals surface area contributed by atoms with Crippen molar-refractivity contribution >= 4 is 5.96 Å². The summed E-state index contributed by atoms with van der Waals surface area (Å²) in [6.07, 6.45) is 0.890. The Balaban J connectivity index is 1.79. The van der Waals surface area contributed by atoms with Gasteiger partial charge in [-0.25, -0.2) is 0 Å². The second kappa shape index (κ2) is 12.5. The molecule has 0 bridgehead atoms. The fourth-order valence-electron chi connectivity index (χ4n) is 3.48. The number of methoxy groups -OCH3 is 2. The van der Waals surface area contributed by atoms with Gasteiger partial charge in [0.1, 0.15) is 0 Å². The lowest BCUT2D eigenvalue weighted by Crippen LogP contribution is -2.46. The molecule has 29 heavy (non-hydrogen) atoms. The van der Waals surface area contributed by atoms with Crippen LogP contribution in [0.25, 0.3) is 0 Å². The fraction of sp³-hybridized carbons (Fsp3) is 0.682. The van der Waals surface area contributed by atoms with Crippen LogP contribution in [0.1, 0.15) is 19.4 Å². The zero-order valence-corrected chi connectivity index (χ0v) is 18.8. The van der Waals surface area contributed by atoms with Crippen LogP contribution >= 0.6 is 0 Å². The maximum absolute atomic E-state index is 5.39. The van der Waals surface area contributed by atoms with Gasteiger partial charge in [0.15, 0.2) is 17.5 Å². The Kier molecular flexibility index (Phi) is 10.1. The number of aliphatic imine (C=N–C) groups is 1. The van der Waals surface area contributed by atoms with Crippen LogP contribution in [-0.2, 0) is 6.42 Å². The van der Waals surface area contributed by atoms with Crippen LogP contribution < -0.4 is 20.1 Å². The van der Waals surface area contributed by atoms with Crippen molar-refractivity contribution in [1.29, 1.82) is 0 Å². The van der Waals surface area contributed by atoms with Crippen molar-refractivity contribution in [2.45, 2.75) is 20.3 Å². The summed E-state index contributed by atoms with van der Waals surface area (Å²) in [5.41, 5.74) is 1.20. The summed E-state index contributed by atoms with van der Waals surface area (Å²) in [5, 5.41) is 6.79. The van der Waals surface area contributed by atoms with Crippen molar-refractivity contribution in [3.8, 4) is 11.5 Å². The molecule has 0 radical (unpaired) electrons. The van der Waals surface area contributed by atoms with E-state index in [2.05, 4.69) is 47.4 Å². The molecule has 164 valence electrons. The number of ether oxygens (including phenoxy) is 2. The van der Waals surface area contributed by atoms with Crippen LogP contribution in [0.2, 0.25) is 0 Å². The Hall–Kier alpha value is -1.99. The van der Waals surface area contributed by atoms with Gasteiger partial charge in [0.2, 0.25) is 0 Å². The number of rotatable bonds is 10. The predicted molar refractivity (Wildman–Crippen MR) is 120 cm³/mol. The van der Waals surface area contributed by atoms with Gasteiger partial charge in [0, 0.05) is 52.4 Å². The highest BCUT2D eigenvalue weighted by molar-refractivity contribution is 5.79. The Labute approximate surface area is 176 Å². The molecule has 7 heteroatoms. The van der Waals surface area contributed by atoms with Crippen molar-refractivity contribution < 1.29 is 9.47 Å².